The van der Waals surface area contributed by atoms with E-state index in [2.05, 4.69) is 4.90 Å². The predicted octanol–water partition coefficient (Wildman–Crippen LogP) is 8.12. The number of benzene rings is 3. The number of hydrogen-bond acceptors (Lipinski definition) is 5. The highest BCUT2D eigenvalue weighted by atomic mass is 32.1. The summed E-state index contributed by atoms with van der Waals surface area (Å²) < 4.78 is 68.4. The third kappa shape index (κ3) is 6.08. The summed E-state index contributed by atoms with van der Waals surface area (Å²) in [5, 5.41) is 9.98. The highest BCUT2D eigenvalue weighted by molar-refractivity contribution is 7.22. The van der Waals surface area contributed by atoms with Crippen LogP contribution in [0.25, 0.3) is 20.5 Å². The van der Waals surface area contributed by atoms with Gasteiger partial charge in [-0.3, -0.25) is 9.29 Å². The maximum atomic E-state index is 14.5. The number of aromatic carboxylic acids is 1. The second-order valence-corrected chi connectivity index (χ2v) is 10.9. The van der Waals surface area contributed by atoms with Crippen molar-refractivity contribution in [3.63, 3.8) is 0 Å². The van der Waals surface area contributed by atoms with Crippen LogP contribution >= 0.6 is 11.3 Å². The number of carboxylic acids is 1. The van der Waals surface area contributed by atoms with Crippen LogP contribution in [-0.4, -0.2) is 48.4 Å². The largest absolute Gasteiger partial charge is 0.489 e. The Hall–Kier alpha value is -3.63. The van der Waals surface area contributed by atoms with Crippen molar-refractivity contribution in [1.82, 2.24) is 4.90 Å². The lowest BCUT2D eigenvalue weighted by atomic mass is 10.00. The van der Waals surface area contributed by atoms with Gasteiger partial charge in [0.15, 0.2) is 5.75 Å². The number of rotatable bonds is 10. The van der Waals surface area contributed by atoms with E-state index in [0.717, 1.165) is 43.0 Å². The van der Waals surface area contributed by atoms with E-state index in [1.54, 1.807) is 30.3 Å². The molecule has 0 unspecified atom stereocenters. The van der Waals surface area contributed by atoms with E-state index in [4.69, 9.17) is 9.47 Å². The second-order valence-electron chi connectivity index (χ2n) is 9.80. The molecule has 1 fully saturated rings. The summed E-state index contributed by atoms with van der Waals surface area (Å²) >= 11 is 1.10. The molecule has 3 aromatic carbocycles. The maximum absolute atomic E-state index is 14.5. The Kier molecular flexibility index (Phi) is 8.00. The molecule has 0 bridgehead atoms. The highest BCUT2D eigenvalue weighted by Gasteiger charge is 2.31. The molecule has 1 saturated heterocycles. The van der Waals surface area contributed by atoms with Crippen molar-refractivity contribution >= 4 is 27.4 Å². The molecule has 10 heteroatoms. The zero-order chi connectivity index (χ0) is 28.4. The second kappa shape index (κ2) is 11.5. The first-order valence-corrected chi connectivity index (χ1v) is 13.6. The summed E-state index contributed by atoms with van der Waals surface area (Å²) in [5.41, 5.74) is -0.354. The number of carboxylic acid groups (broad SMARTS) is 1. The average molecular weight is 574 g/mol. The Morgan fingerprint density at radius 1 is 1.10 bits per heavy atom. The van der Waals surface area contributed by atoms with E-state index in [-0.39, 0.29) is 29.7 Å². The molecule has 4 aromatic rings. The molecule has 0 radical (unpaired) electrons. The Morgan fingerprint density at radius 2 is 1.85 bits per heavy atom. The first kappa shape index (κ1) is 27.9. The first-order valence-electron chi connectivity index (χ1n) is 12.8. The molecule has 5 nitrogen and oxygen atoms in total. The number of thiophene rings is 1. The number of hydrogen-bond donors (Lipinski definition) is 1. The quantitative estimate of drug-likeness (QED) is 0.194. The fourth-order valence-corrected chi connectivity index (χ4v) is 6.05. The van der Waals surface area contributed by atoms with Gasteiger partial charge in [0.2, 0.25) is 0 Å². The molecule has 0 aliphatic carbocycles. The highest BCUT2D eigenvalue weighted by Crippen LogP contribution is 2.49. The molecular weight excluding hydrogens is 546 g/mol. The van der Waals surface area contributed by atoms with Crippen molar-refractivity contribution < 1.29 is 36.9 Å². The summed E-state index contributed by atoms with van der Waals surface area (Å²) in [5.74, 6) is -3.93. The minimum Gasteiger partial charge on any atom is -0.489 e. The van der Waals surface area contributed by atoms with E-state index in [9.17, 15) is 27.5 Å². The smallest absolute Gasteiger partial charge is 0.335 e. The van der Waals surface area contributed by atoms with Crippen LogP contribution < -0.4 is 9.47 Å². The van der Waals surface area contributed by atoms with Gasteiger partial charge >= 0.3 is 5.97 Å². The summed E-state index contributed by atoms with van der Waals surface area (Å²) in [4.78, 5) is 14.0. The minimum atomic E-state index is -3.34. The Morgan fingerprint density at radius 3 is 2.55 bits per heavy atom. The van der Waals surface area contributed by atoms with E-state index in [1.165, 1.54) is 18.2 Å². The van der Waals surface area contributed by atoms with Crippen LogP contribution in [0.4, 0.5) is 17.6 Å². The third-order valence-electron chi connectivity index (χ3n) is 6.77. The monoisotopic (exact) mass is 573 g/mol. The van der Waals surface area contributed by atoms with E-state index >= 15 is 0 Å². The van der Waals surface area contributed by atoms with Crippen molar-refractivity contribution in [3.05, 3.63) is 77.6 Å². The minimum absolute atomic E-state index is 0.00478. The molecule has 40 heavy (non-hydrogen) atoms. The summed E-state index contributed by atoms with van der Waals surface area (Å²) in [6.45, 7) is 2.64. The normalized spacial score (nSPS) is 16.0. The lowest BCUT2D eigenvalue weighted by Gasteiger charge is -2.17. The zero-order valence-corrected chi connectivity index (χ0v) is 22.4. The average Bonchev–Trinajstić information content (AvgIpc) is 3.51. The van der Waals surface area contributed by atoms with Gasteiger partial charge in [0.1, 0.15) is 23.4 Å². The van der Waals surface area contributed by atoms with Gasteiger partial charge in [0.25, 0.3) is 5.92 Å². The van der Waals surface area contributed by atoms with Gasteiger partial charge in [-0.05, 0) is 67.4 Å². The molecule has 0 spiro atoms. The molecule has 1 aliphatic heterocycles. The van der Waals surface area contributed by atoms with Crippen molar-refractivity contribution in [3.8, 4) is 27.7 Å². The fraction of sp³-hybridized carbons (Fsp3) is 0.300. The maximum Gasteiger partial charge on any atom is 0.335 e. The van der Waals surface area contributed by atoms with Crippen LogP contribution in [0.2, 0.25) is 0 Å². The topological polar surface area (TPSA) is 59.0 Å². The first-order chi connectivity index (χ1) is 19.1. The number of ether oxygens (including phenoxy) is 2. The van der Waals surface area contributed by atoms with E-state index in [1.807, 2.05) is 0 Å². The zero-order valence-electron chi connectivity index (χ0n) is 21.6. The molecule has 1 aliphatic rings. The summed E-state index contributed by atoms with van der Waals surface area (Å²) in [6.07, 6.45) is 1.34. The van der Waals surface area contributed by atoms with Gasteiger partial charge < -0.3 is 14.6 Å². The van der Waals surface area contributed by atoms with Crippen molar-refractivity contribution in [2.75, 3.05) is 26.3 Å². The summed E-state index contributed by atoms with van der Waals surface area (Å²) in [6, 6.07) is 14.6. The van der Waals surface area contributed by atoms with Crippen LogP contribution in [0.15, 0.2) is 60.7 Å². The number of halogens is 4. The molecule has 5 rings (SSSR count). The lowest BCUT2D eigenvalue weighted by Crippen LogP contribution is -2.26. The fourth-order valence-electron chi connectivity index (χ4n) is 4.84. The number of alkyl halides is 3. The SMILES string of the molecule is CC(F)(F)c1cc(F)ccc1-c1sc2cc(C(=O)O)ccc2c1Oc1ccc(O[C@H]2CCN(CCCF)C2)cc1. The van der Waals surface area contributed by atoms with Crippen LogP contribution in [0.5, 0.6) is 17.2 Å². The predicted molar refractivity (Wildman–Crippen MR) is 146 cm³/mol. The van der Waals surface area contributed by atoms with Crippen molar-refractivity contribution in [2.45, 2.75) is 31.8 Å². The molecule has 0 saturated carbocycles. The number of fused-ring (bicyclic) bond motifs is 1. The molecule has 1 N–H and O–H groups in total. The Balaban J connectivity index is 1.46. The van der Waals surface area contributed by atoms with Gasteiger partial charge in [0.05, 0.1) is 17.1 Å². The molecule has 2 heterocycles. The van der Waals surface area contributed by atoms with Gasteiger partial charge in [-0.2, -0.15) is 0 Å². The van der Waals surface area contributed by atoms with Gasteiger partial charge in [-0.25, -0.2) is 18.0 Å². The molecular formula is C30H27F4NO4S. The van der Waals surface area contributed by atoms with Crippen LogP contribution in [0, 0.1) is 5.82 Å². The van der Waals surface area contributed by atoms with Crippen LogP contribution in [-0.2, 0) is 5.92 Å². The summed E-state index contributed by atoms with van der Waals surface area (Å²) in [7, 11) is 0. The van der Waals surface area contributed by atoms with E-state index < -0.39 is 23.3 Å². The molecule has 1 atom stereocenters. The third-order valence-corrected chi connectivity index (χ3v) is 7.94. The van der Waals surface area contributed by atoms with Gasteiger partial charge in [-0.15, -0.1) is 11.3 Å². The standard InChI is InChI=1S/C30H27F4NO4S/c1-30(33,34)25-16-19(32)4-10-23(25)28-27(24-9-3-18(29(36)37)15-26(24)40-28)39-21-7-5-20(6-8-21)38-22-11-14-35(17-22)13-2-12-31/h3-10,15-16,22H,2,11-14,17H2,1H3,(H,36,37)/t22-/m0/s1. The molecule has 210 valence electrons. The number of carbonyl (C=O) groups is 1. The van der Waals surface area contributed by atoms with Gasteiger partial charge in [-0.1, -0.05) is 6.07 Å². The van der Waals surface area contributed by atoms with Gasteiger partial charge in [0, 0.05) is 47.8 Å². The molecule has 1 aromatic heterocycles. The molecule has 0 amide bonds. The number of likely N-dealkylation sites (tertiary alicyclic amines) is 1. The van der Waals surface area contributed by atoms with Crippen LogP contribution in [0.1, 0.15) is 35.7 Å². The van der Waals surface area contributed by atoms with Crippen LogP contribution in [0.3, 0.4) is 0 Å². The Labute approximate surface area is 232 Å². The number of nitrogens with zero attached hydrogens (tertiary/aromatic N) is 1. The lowest BCUT2D eigenvalue weighted by molar-refractivity contribution is 0.0178. The Bertz CT molecular complexity index is 1520. The van der Waals surface area contributed by atoms with Crippen molar-refractivity contribution in [2.24, 2.45) is 0 Å². The van der Waals surface area contributed by atoms with E-state index in [0.29, 0.717) is 46.4 Å². The van der Waals surface area contributed by atoms with Crippen molar-refractivity contribution in [1.29, 1.82) is 0 Å².